The topological polar surface area (TPSA) is 102 Å². The maximum absolute atomic E-state index is 12.1. The molecule has 0 radical (unpaired) electrons. The zero-order valence-corrected chi connectivity index (χ0v) is 14.7. The zero-order chi connectivity index (χ0) is 16.9. The van der Waals surface area contributed by atoms with E-state index in [0.717, 1.165) is 6.42 Å². The lowest BCUT2D eigenvalue weighted by Crippen LogP contribution is -2.45. The molecule has 1 saturated heterocycles. The van der Waals surface area contributed by atoms with Gasteiger partial charge in [-0.15, -0.1) is 0 Å². The number of carbonyl (C=O) groups is 1. The Balaban J connectivity index is 1.62. The highest BCUT2D eigenvalue weighted by Gasteiger charge is 2.29. The van der Waals surface area contributed by atoms with Crippen LogP contribution in [0, 0.1) is 11.8 Å². The van der Waals surface area contributed by atoms with E-state index >= 15 is 0 Å². The lowest BCUT2D eigenvalue weighted by molar-refractivity contribution is -0.126. The minimum atomic E-state index is -3.63. The number of piperidine rings is 1. The molecule has 2 atom stereocenters. The van der Waals surface area contributed by atoms with Gasteiger partial charge in [-0.25, -0.2) is 5.14 Å². The molecule has 23 heavy (non-hydrogen) atoms. The van der Waals surface area contributed by atoms with Crippen LogP contribution in [0.1, 0.15) is 45.4 Å². The highest BCUT2D eigenvalue weighted by molar-refractivity contribution is 7.86. The zero-order valence-electron chi connectivity index (χ0n) is 13.9. The Hall–Kier alpha value is -0.700. The maximum Gasteiger partial charge on any atom is 0.276 e. The van der Waals surface area contributed by atoms with Crippen molar-refractivity contribution < 1.29 is 17.9 Å². The van der Waals surface area contributed by atoms with Gasteiger partial charge in [0.1, 0.15) is 0 Å². The average Bonchev–Trinajstić information content (AvgIpc) is 2.52. The highest BCUT2D eigenvalue weighted by Crippen LogP contribution is 2.26. The van der Waals surface area contributed by atoms with E-state index in [9.17, 15) is 13.2 Å². The molecular formula is C15H29N3O4S. The number of carbonyl (C=O) groups excluding carboxylic acids is 1. The third-order valence-corrected chi connectivity index (χ3v) is 6.04. The van der Waals surface area contributed by atoms with E-state index in [4.69, 9.17) is 9.88 Å². The number of rotatable bonds is 6. The summed E-state index contributed by atoms with van der Waals surface area (Å²) in [4.78, 5) is 12.1. The van der Waals surface area contributed by atoms with Crippen LogP contribution in [0.2, 0.25) is 0 Å². The summed E-state index contributed by atoms with van der Waals surface area (Å²) >= 11 is 0. The average molecular weight is 347 g/mol. The maximum atomic E-state index is 12.1. The van der Waals surface area contributed by atoms with Crippen LogP contribution in [0.25, 0.3) is 0 Å². The number of nitrogens with two attached hydrogens (primary N) is 1. The van der Waals surface area contributed by atoms with Crippen LogP contribution in [0.5, 0.6) is 0 Å². The number of nitrogens with zero attached hydrogens (tertiary/aromatic N) is 1. The van der Waals surface area contributed by atoms with E-state index < -0.39 is 10.2 Å². The third-order valence-electron chi connectivity index (χ3n) is 4.95. The van der Waals surface area contributed by atoms with Crippen LogP contribution in [-0.4, -0.2) is 51.0 Å². The Bertz CT molecular complexity index is 489. The molecule has 2 rings (SSSR count). The van der Waals surface area contributed by atoms with Gasteiger partial charge in [0.2, 0.25) is 5.91 Å². The largest absolute Gasteiger partial charge is 0.376 e. The first kappa shape index (κ1) is 18.6. The van der Waals surface area contributed by atoms with Gasteiger partial charge in [-0.2, -0.15) is 12.7 Å². The normalized spacial score (nSPS) is 27.7. The van der Waals surface area contributed by atoms with Gasteiger partial charge >= 0.3 is 0 Å². The van der Waals surface area contributed by atoms with Crippen molar-refractivity contribution in [3.05, 3.63) is 0 Å². The number of hydrogen-bond acceptors (Lipinski definition) is 4. The Morgan fingerprint density at radius 1 is 1.22 bits per heavy atom. The highest BCUT2D eigenvalue weighted by atomic mass is 32.2. The van der Waals surface area contributed by atoms with Crippen molar-refractivity contribution in [2.45, 2.75) is 51.6 Å². The van der Waals surface area contributed by atoms with Crippen molar-refractivity contribution in [1.29, 1.82) is 0 Å². The molecule has 0 unspecified atom stereocenters. The van der Waals surface area contributed by atoms with Crippen molar-refractivity contribution in [2.24, 2.45) is 17.0 Å². The predicted molar refractivity (Wildman–Crippen MR) is 87.8 cm³/mol. The molecule has 8 heteroatoms. The molecule has 7 nitrogen and oxygen atoms in total. The first-order chi connectivity index (χ1) is 10.9. The lowest BCUT2D eigenvalue weighted by atomic mass is 9.88. The molecule has 134 valence electrons. The number of amides is 1. The summed E-state index contributed by atoms with van der Waals surface area (Å²) in [6.45, 7) is 3.90. The van der Waals surface area contributed by atoms with Gasteiger partial charge in [0.25, 0.3) is 10.2 Å². The Labute approximate surface area is 139 Å². The van der Waals surface area contributed by atoms with Gasteiger partial charge in [-0.3, -0.25) is 4.79 Å². The van der Waals surface area contributed by atoms with Gasteiger partial charge in [-0.05, 0) is 31.6 Å². The Morgan fingerprint density at radius 2 is 1.87 bits per heavy atom. The molecule has 1 saturated carbocycles. The van der Waals surface area contributed by atoms with E-state index in [-0.39, 0.29) is 11.8 Å². The molecule has 1 aliphatic carbocycles. The minimum absolute atomic E-state index is 0.0145. The molecule has 3 N–H and O–H groups in total. The Morgan fingerprint density at radius 3 is 2.48 bits per heavy atom. The fourth-order valence-electron chi connectivity index (χ4n) is 3.43. The molecule has 0 aromatic carbocycles. The lowest BCUT2D eigenvalue weighted by Gasteiger charge is -2.30. The predicted octanol–water partition coefficient (Wildman–Crippen LogP) is 0.613. The first-order valence-corrected chi connectivity index (χ1v) is 10.1. The van der Waals surface area contributed by atoms with Gasteiger partial charge in [0.05, 0.1) is 12.7 Å². The fourth-order valence-corrected chi connectivity index (χ4v) is 4.15. The summed E-state index contributed by atoms with van der Waals surface area (Å²) < 4.78 is 29.6. The summed E-state index contributed by atoms with van der Waals surface area (Å²) in [5.74, 6) is 0.447. The second-order valence-electron chi connectivity index (χ2n) is 6.68. The van der Waals surface area contributed by atoms with Crippen molar-refractivity contribution in [3.8, 4) is 0 Å². The summed E-state index contributed by atoms with van der Waals surface area (Å²) in [5, 5.41) is 7.99. The molecule has 0 aromatic rings. The van der Waals surface area contributed by atoms with E-state index in [1.165, 1.54) is 23.6 Å². The fraction of sp³-hybridized carbons (Fsp3) is 0.933. The van der Waals surface area contributed by atoms with Crippen molar-refractivity contribution in [3.63, 3.8) is 0 Å². The van der Waals surface area contributed by atoms with Gasteiger partial charge < -0.3 is 10.1 Å². The molecule has 0 spiro atoms. The molecule has 1 amide bonds. The van der Waals surface area contributed by atoms with E-state index in [0.29, 0.717) is 51.1 Å². The van der Waals surface area contributed by atoms with E-state index in [2.05, 4.69) is 12.2 Å². The van der Waals surface area contributed by atoms with Gasteiger partial charge in [0.15, 0.2) is 0 Å². The molecule has 0 bridgehead atoms. The first-order valence-electron chi connectivity index (χ1n) is 8.55. The number of hydrogen-bond donors (Lipinski definition) is 2. The number of ether oxygens (including phenoxy) is 1. The summed E-state index contributed by atoms with van der Waals surface area (Å²) in [7, 11) is -3.63. The standard InChI is InChI=1S/C15H29N3O4S/c1-12-4-2-3-5-14(12)22-11-8-17-15(19)13-6-9-18(10-7-13)23(16,20)21/h12-14H,2-11H2,1H3,(H,17,19)(H2,16,20,21)/t12-,14+/m1/s1. The van der Waals surface area contributed by atoms with Crippen LogP contribution in [0.4, 0.5) is 0 Å². The van der Waals surface area contributed by atoms with Gasteiger partial charge in [0, 0.05) is 25.6 Å². The molecule has 2 fully saturated rings. The van der Waals surface area contributed by atoms with Crippen molar-refractivity contribution >= 4 is 16.1 Å². The van der Waals surface area contributed by atoms with Crippen molar-refractivity contribution in [2.75, 3.05) is 26.2 Å². The van der Waals surface area contributed by atoms with E-state index in [1.54, 1.807) is 0 Å². The smallest absolute Gasteiger partial charge is 0.276 e. The summed E-state index contributed by atoms with van der Waals surface area (Å²) in [6.07, 6.45) is 6.20. The van der Waals surface area contributed by atoms with Crippen molar-refractivity contribution in [1.82, 2.24) is 9.62 Å². The summed E-state index contributed by atoms with van der Waals surface area (Å²) in [5.41, 5.74) is 0. The van der Waals surface area contributed by atoms with E-state index in [1.807, 2.05) is 0 Å². The molecule has 2 aliphatic rings. The molecular weight excluding hydrogens is 318 g/mol. The SMILES string of the molecule is C[C@@H]1CCCC[C@@H]1OCCNC(=O)C1CCN(S(N)(=O)=O)CC1. The second kappa shape index (κ2) is 8.41. The van der Waals surface area contributed by atoms with Crippen LogP contribution < -0.4 is 10.5 Å². The minimum Gasteiger partial charge on any atom is -0.376 e. The molecule has 1 aliphatic heterocycles. The van der Waals surface area contributed by atoms with Gasteiger partial charge in [-0.1, -0.05) is 19.8 Å². The monoisotopic (exact) mass is 347 g/mol. The van der Waals surface area contributed by atoms with Crippen LogP contribution in [0.15, 0.2) is 0 Å². The quantitative estimate of drug-likeness (QED) is 0.687. The van der Waals surface area contributed by atoms with Crippen LogP contribution >= 0.6 is 0 Å². The molecule has 1 heterocycles. The Kier molecular flexibility index (Phi) is 6.82. The number of nitrogens with one attached hydrogen (secondary N) is 1. The molecule has 0 aromatic heterocycles. The second-order valence-corrected chi connectivity index (χ2v) is 8.23. The third kappa shape index (κ3) is 5.70. The van der Waals surface area contributed by atoms with Crippen LogP contribution in [-0.2, 0) is 19.7 Å². The summed E-state index contributed by atoms with van der Waals surface area (Å²) in [6, 6.07) is 0. The van der Waals surface area contributed by atoms with Crippen LogP contribution in [0.3, 0.4) is 0 Å².